The first-order valence-electron chi connectivity index (χ1n) is 14.3. The highest BCUT2D eigenvalue weighted by Crippen LogP contribution is 2.46. The zero-order chi connectivity index (χ0) is 25.7. The minimum Gasteiger partial charge on any atom is -0.456 e. The van der Waals surface area contributed by atoms with Gasteiger partial charge in [-0.3, -0.25) is 4.79 Å². The molecule has 36 heavy (non-hydrogen) atoms. The molecule has 196 valence electrons. The molecule has 3 aliphatic rings. The molecule has 5 rings (SSSR count). The van der Waals surface area contributed by atoms with Crippen LogP contribution in [-0.4, -0.2) is 47.9 Å². The van der Waals surface area contributed by atoms with E-state index in [1.54, 1.807) is 0 Å². The number of nitrogens with zero attached hydrogens (tertiary/aromatic N) is 2. The van der Waals surface area contributed by atoms with Crippen molar-refractivity contribution < 1.29 is 9.21 Å². The quantitative estimate of drug-likeness (QED) is 0.452. The van der Waals surface area contributed by atoms with Crippen LogP contribution in [-0.2, 0) is 17.3 Å². The Morgan fingerprint density at radius 1 is 0.944 bits per heavy atom. The maximum Gasteiger partial charge on any atom is 0.289 e. The standard InChI is InChI=1S/C32H46N2O2/c1-22-18-27-28(32(4,5)15-14-31(27,2)3)20-23(22)19-26-12-13-29(36-26)30(35)34-17-8-7-10-25(34)21-24-11-9-16-33(24)6/h12-13,18,20,24-25H,7-11,14-17,19,21H2,1-6H3/t24-,25?/m1/s1. The van der Waals surface area contributed by atoms with Crippen molar-refractivity contribution in [2.24, 2.45) is 0 Å². The molecule has 0 N–H and O–H groups in total. The lowest BCUT2D eigenvalue weighted by Gasteiger charge is -2.42. The smallest absolute Gasteiger partial charge is 0.289 e. The van der Waals surface area contributed by atoms with Crippen LogP contribution in [0.1, 0.15) is 118 Å². The SMILES string of the molecule is Cc1cc2c(cc1Cc1ccc(C(=O)N3CCCCC3C[C@H]3CCCN3C)o1)C(C)(C)CCC2(C)C. The first kappa shape index (κ1) is 25.6. The van der Waals surface area contributed by atoms with Gasteiger partial charge in [0.2, 0.25) is 0 Å². The van der Waals surface area contributed by atoms with E-state index in [9.17, 15) is 4.79 Å². The van der Waals surface area contributed by atoms with E-state index in [0.29, 0.717) is 17.8 Å². The third-order valence-electron chi connectivity index (χ3n) is 9.65. The fourth-order valence-electron chi connectivity index (χ4n) is 6.98. The van der Waals surface area contributed by atoms with Crippen LogP contribution in [0.5, 0.6) is 0 Å². The Bertz CT molecular complexity index is 1110. The van der Waals surface area contributed by atoms with E-state index in [1.165, 1.54) is 60.9 Å². The van der Waals surface area contributed by atoms with Gasteiger partial charge in [0, 0.05) is 25.0 Å². The summed E-state index contributed by atoms with van der Waals surface area (Å²) >= 11 is 0. The summed E-state index contributed by atoms with van der Waals surface area (Å²) in [5.41, 5.74) is 6.02. The monoisotopic (exact) mass is 490 g/mol. The molecule has 1 aromatic carbocycles. The highest BCUT2D eigenvalue weighted by Gasteiger charge is 2.38. The lowest BCUT2D eigenvalue weighted by Crippen LogP contribution is -2.46. The maximum atomic E-state index is 13.6. The van der Waals surface area contributed by atoms with Crippen molar-refractivity contribution in [2.75, 3.05) is 20.1 Å². The minimum absolute atomic E-state index is 0.0802. The van der Waals surface area contributed by atoms with Crippen LogP contribution >= 0.6 is 0 Å². The predicted octanol–water partition coefficient (Wildman–Crippen LogP) is 7.01. The van der Waals surface area contributed by atoms with Crippen molar-refractivity contribution in [3.8, 4) is 0 Å². The second-order valence-corrected chi connectivity index (χ2v) is 13.2. The number of amides is 1. The van der Waals surface area contributed by atoms with E-state index in [1.807, 2.05) is 12.1 Å². The molecule has 2 aromatic rings. The molecule has 0 spiro atoms. The molecular formula is C32H46N2O2. The average Bonchev–Trinajstić information content (AvgIpc) is 3.47. The predicted molar refractivity (Wildman–Crippen MR) is 147 cm³/mol. The number of carbonyl (C=O) groups is 1. The zero-order valence-corrected chi connectivity index (χ0v) is 23.5. The number of furan rings is 1. The van der Waals surface area contributed by atoms with E-state index in [4.69, 9.17) is 4.42 Å². The van der Waals surface area contributed by atoms with Crippen LogP contribution in [0.25, 0.3) is 0 Å². The lowest BCUT2D eigenvalue weighted by atomic mass is 9.62. The summed E-state index contributed by atoms with van der Waals surface area (Å²) in [5.74, 6) is 1.48. The van der Waals surface area contributed by atoms with Gasteiger partial charge in [-0.05, 0) is 117 Å². The molecular weight excluding hydrogens is 444 g/mol. The molecule has 1 aromatic heterocycles. The molecule has 2 aliphatic heterocycles. The number of fused-ring (bicyclic) bond motifs is 1. The van der Waals surface area contributed by atoms with E-state index in [-0.39, 0.29) is 16.7 Å². The summed E-state index contributed by atoms with van der Waals surface area (Å²) in [4.78, 5) is 18.2. The van der Waals surface area contributed by atoms with Crippen LogP contribution < -0.4 is 0 Å². The Labute approximate surface area is 218 Å². The molecule has 1 unspecified atom stereocenters. The number of carbonyl (C=O) groups excluding carboxylic acids is 1. The number of hydrogen-bond acceptors (Lipinski definition) is 3. The van der Waals surface area contributed by atoms with E-state index in [0.717, 1.165) is 38.0 Å². The van der Waals surface area contributed by atoms with Crippen LogP contribution in [0.2, 0.25) is 0 Å². The molecule has 0 bridgehead atoms. The maximum absolute atomic E-state index is 13.6. The van der Waals surface area contributed by atoms with Crippen molar-refractivity contribution in [3.05, 3.63) is 58.0 Å². The average molecular weight is 491 g/mol. The highest BCUT2D eigenvalue weighted by molar-refractivity contribution is 5.91. The number of piperidine rings is 1. The third kappa shape index (κ3) is 4.90. The Morgan fingerprint density at radius 2 is 1.64 bits per heavy atom. The van der Waals surface area contributed by atoms with Gasteiger partial charge in [0.15, 0.2) is 5.76 Å². The van der Waals surface area contributed by atoms with Crippen molar-refractivity contribution in [1.29, 1.82) is 0 Å². The van der Waals surface area contributed by atoms with Crippen LogP contribution in [0.4, 0.5) is 0 Å². The molecule has 2 saturated heterocycles. The van der Waals surface area contributed by atoms with Gasteiger partial charge in [0.1, 0.15) is 5.76 Å². The number of hydrogen-bond donors (Lipinski definition) is 0. The molecule has 2 fully saturated rings. The van der Waals surface area contributed by atoms with Crippen LogP contribution in [0, 0.1) is 6.92 Å². The van der Waals surface area contributed by atoms with Crippen molar-refractivity contribution in [3.63, 3.8) is 0 Å². The second-order valence-electron chi connectivity index (χ2n) is 13.2. The zero-order valence-electron chi connectivity index (χ0n) is 23.5. The van der Waals surface area contributed by atoms with E-state index < -0.39 is 0 Å². The molecule has 1 amide bonds. The van der Waals surface area contributed by atoms with Gasteiger partial charge in [-0.15, -0.1) is 0 Å². The van der Waals surface area contributed by atoms with Gasteiger partial charge in [-0.25, -0.2) is 0 Å². The highest BCUT2D eigenvalue weighted by atomic mass is 16.4. The molecule has 4 heteroatoms. The number of likely N-dealkylation sites (tertiary alicyclic amines) is 2. The van der Waals surface area contributed by atoms with Crippen molar-refractivity contribution in [1.82, 2.24) is 9.80 Å². The number of benzene rings is 1. The van der Waals surface area contributed by atoms with Gasteiger partial charge < -0.3 is 14.2 Å². The summed E-state index contributed by atoms with van der Waals surface area (Å²) in [6.45, 7) is 13.8. The summed E-state index contributed by atoms with van der Waals surface area (Å²) in [6.07, 6.45) is 10.2. The fourth-order valence-corrected chi connectivity index (χ4v) is 6.98. The first-order chi connectivity index (χ1) is 17.0. The lowest BCUT2D eigenvalue weighted by molar-refractivity contribution is 0.0533. The number of rotatable bonds is 5. The topological polar surface area (TPSA) is 36.7 Å². The normalized spacial score (nSPS) is 25.7. The van der Waals surface area contributed by atoms with Crippen LogP contribution in [0.15, 0.2) is 28.7 Å². The second kappa shape index (κ2) is 9.67. The Balaban J connectivity index is 1.34. The van der Waals surface area contributed by atoms with Crippen molar-refractivity contribution in [2.45, 2.75) is 115 Å². The van der Waals surface area contributed by atoms with Gasteiger partial charge in [-0.1, -0.05) is 39.8 Å². The largest absolute Gasteiger partial charge is 0.456 e. The molecule has 0 radical (unpaired) electrons. The summed E-state index contributed by atoms with van der Waals surface area (Å²) < 4.78 is 6.23. The van der Waals surface area contributed by atoms with Gasteiger partial charge in [0.25, 0.3) is 5.91 Å². The van der Waals surface area contributed by atoms with Gasteiger partial charge in [-0.2, -0.15) is 0 Å². The molecule has 1 aliphatic carbocycles. The van der Waals surface area contributed by atoms with Crippen LogP contribution in [0.3, 0.4) is 0 Å². The van der Waals surface area contributed by atoms with E-state index in [2.05, 4.69) is 63.6 Å². The van der Waals surface area contributed by atoms with Gasteiger partial charge in [0.05, 0.1) is 0 Å². The Morgan fingerprint density at radius 3 is 2.33 bits per heavy atom. The van der Waals surface area contributed by atoms with Crippen molar-refractivity contribution >= 4 is 5.91 Å². The Hall–Kier alpha value is -2.07. The summed E-state index contributed by atoms with van der Waals surface area (Å²) in [5, 5.41) is 0. The molecule has 2 atom stereocenters. The fraction of sp³-hybridized carbons (Fsp3) is 0.656. The Kier molecular flexibility index (Phi) is 6.87. The van der Waals surface area contributed by atoms with Gasteiger partial charge >= 0.3 is 0 Å². The minimum atomic E-state index is 0.0802. The number of aryl methyl sites for hydroxylation is 1. The third-order valence-corrected chi connectivity index (χ3v) is 9.65. The first-order valence-corrected chi connectivity index (χ1v) is 14.3. The molecule has 0 saturated carbocycles. The van der Waals surface area contributed by atoms with E-state index >= 15 is 0 Å². The summed E-state index contributed by atoms with van der Waals surface area (Å²) in [6, 6.07) is 9.71. The molecule has 4 nitrogen and oxygen atoms in total. The summed E-state index contributed by atoms with van der Waals surface area (Å²) in [7, 11) is 2.23. The molecule has 3 heterocycles.